The van der Waals surface area contributed by atoms with Crippen molar-refractivity contribution in [1.29, 1.82) is 0 Å². The molecule has 4 rings (SSSR count). The van der Waals surface area contributed by atoms with E-state index < -0.39 is 10.0 Å². The van der Waals surface area contributed by atoms with Crippen LogP contribution in [0.15, 0.2) is 78.0 Å². The zero-order valence-electron chi connectivity index (χ0n) is 16.9. The van der Waals surface area contributed by atoms with Gasteiger partial charge in [-0.05, 0) is 49.4 Å². The minimum absolute atomic E-state index is 0.122. The molecule has 4 aromatic rings. The van der Waals surface area contributed by atoms with Crippen LogP contribution in [0.5, 0.6) is 5.75 Å². The summed E-state index contributed by atoms with van der Waals surface area (Å²) >= 11 is 0. The van der Waals surface area contributed by atoms with Crippen molar-refractivity contribution in [2.45, 2.75) is 11.8 Å². The molecule has 31 heavy (non-hydrogen) atoms. The normalized spacial score (nSPS) is 11.2. The summed E-state index contributed by atoms with van der Waals surface area (Å²) in [5, 5.41) is 7.38. The Labute approximate surface area is 179 Å². The lowest BCUT2D eigenvalue weighted by Crippen LogP contribution is -2.13. The highest BCUT2D eigenvalue weighted by Gasteiger charge is 2.15. The van der Waals surface area contributed by atoms with Gasteiger partial charge in [-0.3, -0.25) is 4.72 Å². The lowest BCUT2D eigenvalue weighted by molar-refractivity contribution is 0.413. The molecule has 0 saturated carbocycles. The molecule has 2 aromatic heterocycles. The fourth-order valence-corrected chi connectivity index (χ4v) is 3.98. The van der Waals surface area contributed by atoms with Gasteiger partial charge in [0.15, 0.2) is 5.82 Å². The molecule has 0 atom stereocenters. The number of sulfonamides is 1. The van der Waals surface area contributed by atoms with Crippen LogP contribution in [0, 0.1) is 6.92 Å². The molecule has 158 valence electrons. The Morgan fingerprint density at radius 3 is 2.45 bits per heavy atom. The van der Waals surface area contributed by atoms with Crippen molar-refractivity contribution in [3.63, 3.8) is 0 Å². The quantitative estimate of drug-likeness (QED) is 0.456. The Kier molecular flexibility index (Phi) is 5.54. The molecule has 0 amide bonds. The minimum atomic E-state index is -3.73. The number of anilines is 3. The topological polar surface area (TPSA) is 111 Å². The summed E-state index contributed by atoms with van der Waals surface area (Å²) < 4.78 is 34.6. The Hall–Kier alpha value is -3.92. The second-order valence-electron chi connectivity index (χ2n) is 6.60. The summed E-state index contributed by atoms with van der Waals surface area (Å²) in [5.74, 6) is 2.31. The monoisotopic (exact) mass is 436 g/mol. The van der Waals surface area contributed by atoms with Crippen LogP contribution in [-0.2, 0) is 10.0 Å². The van der Waals surface area contributed by atoms with E-state index in [1.165, 1.54) is 19.2 Å². The van der Waals surface area contributed by atoms with Crippen molar-refractivity contribution >= 4 is 27.2 Å². The molecule has 0 aliphatic carbocycles. The maximum absolute atomic E-state index is 12.6. The zero-order chi connectivity index (χ0) is 21.8. The molecule has 0 saturated heterocycles. The molecule has 9 nitrogen and oxygen atoms in total. The predicted molar refractivity (Wildman–Crippen MR) is 117 cm³/mol. The highest BCUT2D eigenvalue weighted by Crippen LogP contribution is 2.23. The Morgan fingerprint density at radius 2 is 1.74 bits per heavy atom. The number of aryl methyl sites for hydroxylation is 1. The van der Waals surface area contributed by atoms with E-state index in [0.29, 0.717) is 28.9 Å². The van der Waals surface area contributed by atoms with Crippen LogP contribution in [-0.4, -0.2) is 35.3 Å². The number of hydrogen-bond acceptors (Lipinski definition) is 7. The summed E-state index contributed by atoms with van der Waals surface area (Å²) in [4.78, 5) is 8.89. The molecular weight excluding hydrogens is 416 g/mol. The number of methoxy groups -OCH3 is 1. The number of aromatic nitrogens is 4. The summed E-state index contributed by atoms with van der Waals surface area (Å²) in [7, 11) is -2.25. The zero-order valence-corrected chi connectivity index (χ0v) is 17.7. The van der Waals surface area contributed by atoms with Crippen molar-refractivity contribution in [2.24, 2.45) is 0 Å². The van der Waals surface area contributed by atoms with Gasteiger partial charge in [0.2, 0.25) is 0 Å². The van der Waals surface area contributed by atoms with Gasteiger partial charge in [-0.25, -0.2) is 23.1 Å². The van der Waals surface area contributed by atoms with Crippen molar-refractivity contribution in [3.8, 4) is 11.6 Å². The van der Waals surface area contributed by atoms with Gasteiger partial charge >= 0.3 is 0 Å². The first-order valence-electron chi connectivity index (χ1n) is 9.33. The summed E-state index contributed by atoms with van der Waals surface area (Å²) in [6.45, 7) is 1.80. The Balaban J connectivity index is 1.50. The number of benzene rings is 2. The highest BCUT2D eigenvalue weighted by atomic mass is 32.2. The lowest BCUT2D eigenvalue weighted by atomic mass is 10.3. The van der Waals surface area contributed by atoms with Gasteiger partial charge in [0.25, 0.3) is 10.0 Å². The molecule has 0 unspecified atom stereocenters. The molecule has 0 spiro atoms. The van der Waals surface area contributed by atoms with E-state index in [2.05, 4.69) is 25.1 Å². The molecule has 2 aromatic carbocycles. The molecule has 2 heterocycles. The summed E-state index contributed by atoms with van der Waals surface area (Å²) in [6, 6.07) is 16.7. The molecular formula is C21H20N6O3S. The molecule has 2 N–H and O–H groups in total. The number of nitrogens with one attached hydrogen (secondary N) is 2. The van der Waals surface area contributed by atoms with E-state index in [-0.39, 0.29) is 4.90 Å². The SMILES string of the molecule is COc1cccc(S(=O)(=O)Nc2ccc(Nc3cc(-n4cccn4)nc(C)n3)cc2)c1. The molecule has 0 aliphatic heterocycles. The van der Waals surface area contributed by atoms with Crippen molar-refractivity contribution in [2.75, 3.05) is 17.1 Å². The van der Waals surface area contributed by atoms with Crippen LogP contribution in [0.25, 0.3) is 5.82 Å². The third-order valence-electron chi connectivity index (χ3n) is 4.32. The first-order chi connectivity index (χ1) is 14.9. The molecule has 10 heteroatoms. The van der Waals surface area contributed by atoms with Crippen LogP contribution in [0.3, 0.4) is 0 Å². The third-order valence-corrected chi connectivity index (χ3v) is 5.70. The van der Waals surface area contributed by atoms with Crippen molar-refractivity contribution in [3.05, 3.63) is 78.9 Å². The fraction of sp³-hybridized carbons (Fsp3) is 0.0952. The van der Waals surface area contributed by atoms with E-state index in [0.717, 1.165) is 5.69 Å². The van der Waals surface area contributed by atoms with Crippen LogP contribution in [0.4, 0.5) is 17.2 Å². The first-order valence-corrected chi connectivity index (χ1v) is 10.8. The van der Waals surface area contributed by atoms with Gasteiger partial charge in [-0.2, -0.15) is 5.10 Å². The smallest absolute Gasteiger partial charge is 0.262 e. The second kappa shape index (κ2) is 8.44. The van der Waals surface area contributed by atoms with Gasteiger partial charge in [-0.15, -0.1) is 0 Å². The second-order valence-corrected chi connectivity index (χ2v) is 8.28. The van der Waals surface area contributed by atoms with Crippen LogP contribution in [0.1, 0.15) is 5.82 Å². The number of nitrogens with zero attached hydrogens (tertiary/aromatic N) is 4. The minimum Gasteiger partial charge on any atom is -0.497 e. The summed E-state index contributed by atoms with van der Waals surface area (Å²) in [5.41, 5.74) is 1.18. The van der Waals surface area contributed by atoms with Gasteiger partial charge in [0.05, 0.1) is 12.0 Å². The Morgan fingerprint density at radius 1 is 0.968 bits per heavy atom. The predicted octanol–water partition coefficient (Wildman–Crippen LogP) is 3.52. The molecule has 0 fully saturated rings. The third kappa shape index (κ3) is 4.81. The largest absolute Gasteiger partial charge is 0.497 e. The van der Waals surface area contributed by atoms with Crippen LogP contribution in [0.2, 0.25) is 0 Å². The molecule has 0 bridgehead atoms. The van der Waals surface area contributed by atoms with Crippen molar-refractivity contribution in [1.82, 2.24) is 19.7 Å². The van der Waals surface area contributed by atoms with E-state index in [4.69, 9.17) is 4.74 Å². The van der Waals surface area contributed by atoms with E-state index in [1.807, 2.05) is 6.07 Å². The summed E-state index contributed by atoms with van der Waals surface area (Å²) in [6.07, 6.45) is 3.48. The van der Waals surface area contributed by atoms with E-state index in [1.54, 1.807) is 66.5 Å². The molecule has 0 radical (unpaired) electrons. The first kappa shape index (κ1) is 20.4. The van der Waals surface area contributed by atoms with E-state index >= 15 is 0 Å². The number of ether oxygens (including phenoxy) is 1. The number of rotatable bonds is 7. The maximum Gasteiger partial charge on any atom is 0.262 e. The number of hydrogen-bond donors (Lipinski definition) is 2. The van der Waals surface area contributed by atoms with Crippen molar-refractivity contribution < 1.29 is 13.2 Å². The average molecular weight is 436 g/mol. The van der Waals surface area contributed by atoms with Gasteiger partial charge in [-0.1, -0.05) is 6.07 Å². The molecule has 0 aliphatic rings. The van der Waals surface area contributed by atoms with Gasteiger partial charge in [0.1, 0.15) is 17.4 Å². The van der Waals surface area contributed by atoms with Gasteiger partial charge < -0.3 is 10.1 Å². The maximum atomic E-state index is 12.6. The lowest BCUT2D eigenvalue weighted by Gasteiger charge is -2.11. The Bertz CT molecular complexity index is 1290. The van der Waals surface area contributed by atoms with Crippen LogP contribution < -0.4 is 14.8 Å². The average Bonchev–Trinajstić information content (AvgIpc) is 3.30. The standard InChI is InChI=1S/C21H20N6O3S/c1-15-23-20(14-21(24-15)27-12-4-11-22-27)25-16-7-9-17(10-8-16)26-31(28,29)19-6-3-5-18(13-19)30-2/h3-14,26H,1-2H3,(H,23,24,25). The van der Waals surface area contributed by atoms with Crippen LogP contribution >= 0.6 is 0 Å². The van der Waals surface area contributed by atoms with Gasteiger partial charge in [0, 0.05) is 35.9 Å². The highest BCUT2D eigenvalue weighted by molar-refractivity contribution is 7.92. The fourth-order valence-electron chi connectivity index (χ4n) is 2.89. The van der Waals surface area contributed by atoms with E-state index in [9.17, 15) is 8.42 Å².